The lowest BCUT2D eigenvalue weighted by atomic mass is 10.0. The third kappa shape index (κ3) is 3.90. The molecule has 2 saturated heterocycles. The average molecular weight is 367 g/mol. The van der Waals surface area contributed by atoms with Crippen molar-refractivity contribution in [3.8, 4) is 5.75 Å². The zero-order chi connectivity index (χ0) is 18.0. The molecule has 2 aliphatic rings. The minimum absolute atomic E-state index is 0.0495. The topological polar surface area (TPSA) is 79.0 Å². The number of anilines is 1. The van der Waals surface area contributed by atoms with Crippen molar-refractivity contribution in [1.82, 2.24) is 9.80 Å². The van der Waals surface area contributed by atoms with Crippen LogP contribution in [-0.2, 0) is 9.84 Å². The highest BCUT2D eigenvalue weighted by Crippen LogP contribution is 2.28. The predicted molar refractivity (Wildman–Crippen MR) is 96.8 cm³/mol. The number of hydrogen-bond acceptors (Lipinski definition) is 5. The molecule has 3 rings (SSSR count). The van der Waals surface area contributed by atoms with E-state index < -0.39 is 9.84 Å². The molecule has 0 spiro atoms. The van der Waals surface area contributed by atoms with Crippen LogP contribution in [0.5, 0.6) is 5.75 Å². The Bertz CT molecular complexity index is 720. The maximum atomic E-state index is 12.7. The number of carbonyl (C=O) groups is 1. The summed E-state index contributed by atoms with van der Waals surface area (Å²) in [6, 6.07) is 6.48. The second-order valence-corrected chi connectivity index (χ2v) is 8.75. The van der Waals surface area contributed by atoms with Gasteiger partial charge in [-0.2, -0.15) is 0 Å². The van der Waals surface area contributed by atoms with Gasteiger partial charge in [0.25, 0.3) is 0 Å². The summed E-state index contributed by atoms with van der Waals surface area (Å²) in [5.41, 5.74) is 0.666. The van der Waals surface area contributed by atoms with Crippen molar-refractivity contribution < 1.29 is 17.9 Å². The van der Waals surface area contributed by atoms with E-state index in [0.717, 1.165) is 13.0 Å². The first kappa shape index (κ1) is 18.0. The standard InChI is InChI=1S/C17H25N3O4S/c1-3-8-19-9-10-20(16-12-25(22,23)11-15(16)19)17(21)18-13-4-6-14(24-2)7-5-13/h4-7,15-16H,3,8-12H2,1-2H3,(H,18,21)/t15-,16+/m1/s1. The predicted octanol–water partition coefficient (Wildman–Crippen LogP) is 1.42. The summed E-state index contributed by atoms with van der Waals surface area (Å²) in [6.45, 7) is 4.20. The maximum Gasteiger partial charge on any atom is 0.322 e. The van der Waals surface area contributed by atoms with Gasteiger partial charge in [-0.3, -0.25) is 4.90 Å². The fourth-order valence-electron chi connectivity index (χ4n) is 3.71. The van der Waals surface area contributed by atoms with E-state index in [0.29, 0.717) is 24.5 Å². The van der Waals surface area contributed by atoms with Gasteiger partial charge in [-0.1, -0.05) is 6.92 Å². The SMILES string of the molecule is CCCN1CCN(C(=O)Nc2ccc(OC)cc2)[C@H]2CS(=O)(=O)C[C@H]21. The van der Waals surface area contributed by atoms with E-state index in [2.05, 4.69) is 17.1 Å². The van der Waals surface area contributed by atoms with E-state index in [-0.39, 0.29) is 29.6 Å². The van der Waals surface area contributed by atoms with Crippen molar-refractivity contribution in [2.24, 2.45) is 0 Å². The summed E-state index contributed by atoms with van der Waals surface area (Å²) in [6.07, 6.45) is 0.974. The summed E-state index contributed by atoms with van der Waals surface area (Å²) in [5.74, 6) is 0.908. The van der Waals surface area contributed by atoms with Gasteiger partial charge in [-0.05, 0) is 37.2 Å². The summed E-state index contributed by atoms with van der Waals surface area (Å²) in [7, 11) is -1.52. The van der Waals surface area contributed by atoms with Crippen LogP contribution in [0, 0.1) is 0 Å². The minimum Gasteiger partial charge on any atom is -0.497 e. The van der Waals surface area contributed by atoms with Gasteiger partial charge in [0.1, 0.15) is 5.75 Å². The molecule has 0 radical (unpaired) electrons. The summed E-state index contributed by atoms with van der Waals surface area (Å²) in [4.78, 5) is 16.6. The summed E-state index contributed by atoms with van der Waals surface area (Å²) in [5, 5.41) is 2.87. The quantitative estimate of drug-likeness (QED) is 0.871. The number of hydrogen-bond donors (Lipinski definition) is 1. The van der Waals surface area contributed by atoms with Crippen LogP contribution in [0.3, 0.4) is 0 Å². The van der Waals surface area contributed by atoms with Gasteiger partial charge in [-0.15, -0.1) is 0 Å². The number of ether oxygens (including phenoxy) is 1. The molecule has 2 aliphatic heterocycles. The molecular formula is C17H25N3O4S. The second kappa shape index (κ2) is 7.21. The smallest absolute Gasteiger partial charge is 0.322 e. The molecule has 2 atom stereocenters. The van der Waals surface area contributed by atoms with E-state index >= 15 is 0 Å². The van der Waals surface area contributed by atoms with E-state index in [1.807, 2.05) is 0 Å². The van der Waals surface area contributed by atoms with E-state index in [1.165, 1.54) is 0 Å². The van der Waals surface area contributed by atoms with Gasteiger partial charge in [0.2, 0.25) is 0 Å². The van der Waals surface area contributed by atoms with Crippen LogP contribution in [0.4, 0.5) is 10.5 Å². The average Bonchev–Trinajstić information content (AvgIpc) is 2.91. The van der Waals surface area contributed by atoms with Crippen LogP contribution >= 0.6 is 0 Å². The number of amides is 2. The number of fused-ring (bicyclic) bond motifs is 1. The number of carbonyl (C=O) groups excluding carboxylic acids is 1. The van der Waals surface area contributed by atoms with Crippen LogP contribution in [0.25, 0.3) is 0 Å². The Morgan fingerprint density at radius 3 is 2.52 bits per heavy atom. The van der Waals surface area contributed by atoms with Gasteiger partial charge in [0.15, 0.2) is 9.84 Å². The number of sulfone groups is 1. The molecule has 2 fully saturated rings. The number of rotatable bonds is 4. The monoisotopic (exact) mass is 367 g/mol. The molecule has 138 valence electrons. The fraction of sp³-hybridized carbons (Fsp3) is 0.588. The molecule has 0 aromatic heterocycles. The lowest BCUT2D eigenvalue weighted by Gasteiger charge is -2.43. The van der Waals surface area contributed by atoms with E-state index in [1.54, 1.807) is 36.3 Å². The zero-order valence-corrected chi connectivity index (χ0v) is 15.5. The molecule has 0 saturated carbocycles. The summed E-state index contributed by atoms with van der Waals surface area (Å²) < 4.78 is 29.4. The molecule has 0 aliphatic carbocycles. The third-order valence-corrected chi connectivity index (χ3v) is 6.60. The number of urea groups is 1. The summed E-state index contributed by atoms with van der Waals surface area (Å²) >= 11 is 0. The Kier molecular flexibility index (Phi) is 5.19. The second-order valence-electron chi connectivity index (χ2n) is 6.60. The molecule has 1 aromatic carbocycles. The lowest BCUT2D eigenvalue weighted by Crippen LogP contribution is -2.61. The van der Waals surface area contributed by atoms with E-state index in [9.17, 15) is 13.2 Å². The Morgan fingerprint density at radius 2 is 1.88 bits per heavy atom. The first-order valence-electron chi connectivity index (χ1n) is 8.59. The number of nitrogens with zero attached hydrogens (tertiary/aromatic N) is 2. The zero-order valence-electron chi connectivity index (χ0n) is 14.6. The number of nitrogens with one attached hydrogen (secondary N) is 1. The molecule has 25 heavy (non-hydrogen) atoms. The number of benzene rings is 1. The van der Waals surface area contributed by atoms with Crippen molar-refractivity contribution >= 4 is 21.6 Å². The van der Waals surface area contributed by atoms with Crippen molar-refractivity contribution in [2.45, 2.75) is 25.4 Å². The molecule has 8 heteroatoms. The molecule has 2 heterocycles. The van der Waals surface area contributed by atoms with Gasteiger partial charge >= 0.3 is 6.03 Å². The normalized spacial score (nSPS) is 25.4. The van der Waals surface area contributed by atoms with E-state index in [4.69, 9.17) is 4.74 Å². The van der Waals surface area contributed by atoms with Crippen molar-refractivity contribution in [3.05, 3.63) is 24.3 Å². The molecule has 0 unspecified atom stereocenters. The van der Waals surface area contributed by atoms with Gasteiger partial charge in [0, 0.05) is 24.8 Å². The largest absolute Gasteiger partial charge is 0.497 e. The Labute approximate surface area is 148 Å². The third-order valence-electron chi connectivity index (χ3n) is 4.90. The van der Waals surface area contributed by atoms with Crippen LogP contribution in [-0.4, -0.2) is 74.6 Å². The molecule has 1 N–H and O–H groups in total. The highest BCUT2D eigenvalue weighted by Gasteiger charge is 2.47. The van der Waals surface area contributed by atoms with Gasteiger partial charge in [-0.25, -0.2) is 13.2 Å². The maximum absolute atomic E-state index is 12.7. The van der Waals surface area contributed by atoms with Crippen LogP contribution in [0.15, 0.2) is 24.3 Å². The van der Waals surface area contributed by atoms with Crippen molar-refractivity contribution in [2.75, 3.05) is 43.6 Å². The van der Waals surface area contributed by atoms with Crippen LogP contribution in [0.2, 0.25) is 0 Å². The number of piperazine rings is 1. The van der Waals surface area contributed by atoms with Crippen molar-refractivity contribution in [3.63, 3.8) is 0 Å². The minimum atomic E-state index is -3.11. The highest BCUT2D eigenvalue weighted by molar-refractivity contribution is 7.91. The van der Waals surface area contributed by atoms with Crippen LogP contribution in [0.1, 0.15) is 13.3 Å². The van der Waals surface area contributed by atoms with Gasteiger partial charge < -0.3 is 15.0 Å². The Balaban J connectivity index is 1.73. The van der Waals surface area contributed by atoms with Gasteiger partial charge in [0.05, 0.1) is 24.7 Å². The fourth-order valence-corrected chi connectivity index (χ4v) is 5.72. The first-order valence-corrected chi connectivity index (χ1v) is 10.4. The number of methoxy groups -OCH3 is 1. The van der Waals surface area contributed by atoms with Crippen LogP contribution < -0.4 is 10.1 Å². The molecule has 0 bridgehead atoms. The molecule has 7 nitrogen and oxygen atoms in total. The highest BCUT2D eigenvalue weighted by atomic mass is 32.2. The lowest BCUT2D eigenvalue weighted by molar-refractivity contribution is 0.0706. The molecule has 1 aromatic rings. The Morgan fingerprint density at radius 1 is 1.20 bits per heavy atom. The molecule has 2 amide bonds. The Hall–Kier alpha value is -1.80. The molecular weight excluding hydrogens is 342 g/mol. The first-order chi connectivity index (χ1) is 11.9. The van der Waals surface area contributed by atoms with Crippen molar-refractivity contribution in [1.29, 1.82) is 0 Å².